The number of methoxy groups -OCH3 is 2. The largest absolute Gasteiger partial charge is 0.496 e. The van der Waals surface area contributed by atoms with Crippen molar-refractivity contribution < 1.29 is 23.8 Å². The van der Waals surface area contributed by atoms with Gasteiger partial charge < -0.3 is 19.9 Å². The van der Waals surface area contributed by atoms with Gasteiger partial charge in [0.05, 0.1) is 20.9 Å². The molecule has 0 bridgehead atoms. The van der Waals surface area contributed by atoms with Gasteiger partial charge in [-0.1, -0.05) is 0 Å². The van der Waals surface area contributed by atoms with Crippen LogP contribution < -0.4 is 14.8 Å². The summed E-state index contributed by atoms with van der Waals surface area (Å²) in [5.74, 6) is 1.41. The highest BCUT2D eigenvalue weighted by Gasteiger charge is 2.14. The van der Waals surface area contributed by atoms with Crippen LogP contribution in [0.2, 0.25) is 0 Å². The molecule has 5 nitrogen and oxygen atoms in total. The van der Waals surface area contributed by atoms with Crippen LogP contribution in [0, 0.1) is 0 Å². The highest BCUT2D eigenvalue weighted by molar-refractivity contribution is 5.64. The molecular weight excluding hydrogens is 289 g/mol. The summed E-state index contributed by atoms with van der Waals surface area (Å²) in [4.78, 5) is 10.7. The van der Waals surface area contributed by atoms with Crippen LogP contribution in [0.4, 0.5) is 9.18 Å². The molecule has 0 aromatic heterocycles. The van der Waals surface area contributed by atoms with Crippen LogP contribution in [-0.4, -0.2) is 38.1 Å². The normalized spacial score (nSPS) is 11.8. The zero-order valence-electron chi connectivity index (χ0n) is 13.3. The Morgan fingerprint density at radius 2 is 1.82 bits per heavy atom. The number of rotatable bonds is 9. The fourth-order valence-electron chi connectivity index (χ4n) is 2.38. The van der Waals surface area contributed by atoms with E-state index in [1.807, 2.05) is 12.1 Å². The van der Waals surface area contributed by atoms with Crippen LogP contribution in [0.5, 0.6) is 11.5 Å². The fraction of sp³-hybridized carbons (Fsp3) is 0.562. The zero-order chi connectivity index (χ0) is 16.5. The second-order valence-corrected chi connectivity index (χ2v) is 5.18. The van der Waals surface area contributed by atoms with Gasteiger partial charge in [-0.3, -0.25) is 4.39 Å². The van der Waals surface area contributed by atoms with E-state index in [1.165, 1.54) is 0 Å². The Balaban J connectivity index is 2.95. The van der Waals surface area contributed by atoms with E-state index in [0.717, 1.165) is 23.3 Å². The Morgan fingerprint density at radius 3 is 2.36 bits per heavy atom. The zero-order valence-corrected chi connectivity index (χ0v) is 13.3. The van der Waals surface area contributed by atoms with E-state index < -0.39 is 6.09 Å². The van der Waals surface area contributed by atoms with Gasteiger partial charge in [-0.05, 0) is 55.9 Å². The van der Waals surface area contributed by atoms with Gasteiger partial charge >= 0.3 is 6.09 Å². The van der Waals surface area contributed by atoms with Gasteiger partial charge in [0.2, 0.25) is 0 Å². The van der Waals surface area contributed by atoms with Crippen LogP contribution in [0.1, 0.15) is 30.9 Å². The first-order chi connectivity index (χ1) is 10.5. The molecule has 0 radical (unpaired) electrons. The van der Waals surface area contributed by atoms with Crippen LogP contribution in [0.15, 0.2) is 12.1 Å². The molecule has 1 unspecified atom stereocenters. The Hall–Kier alpha value is -1.98. The van der Waals surface area contributed by atoms with Crippen LogP contribution in [0.25, 0.3) is 0 Å². The van der Waals surface area contributed by atoms with E-state index in [2.05, 4.69) is 5.32 Å². The van der Waals surface area contributed by atoms with Gasteiger partial charge in [-0.25, -0.2) is 4.79 Å². The molecular formula is C16H24FNO4. The van der Waals surface area contributed by atoms with Crippen LogP contribution in [-0.2, 0) is 12.8 Å². The van der Waals surface area contributed by atoms with E-state index in [4.69, 9.17) is 14.6 Å². The molecule has 0 fully saturated rings. The fourth-order valence-corrected chi connectivity index (χ4v) is 2.38. The van der Waals surface area contributed by atoms with Gasteiger partial charge in [-0.15, -0.1) is 0 Å². The molecule has 124 valence electrons. The number of carboxylic acid groups (broad SMARTS) is 1. The van der Waals surface area contributed by atoms with Crippen molar-refractivity contribution in [3.05, 3.63) is 23.3 Å². The SMILES string of the molecule is COc1cc(CC(C)NC(=O)O)c(OC)cc1CCCCF. The topological polar surface area (TPSA) is 67.8 Å². The molecule has 0 aliphatic heterocycles. The lowest BCUT2D eigenvalue weighted by Gasteiger charge is -2.17. The van der Waals surface area contributed by atoms with E-state index in [0.29, 0.717) is 25.0 Å². The highest BCUT2D eigenvalue weighted by atomic mass is 19.1. The summed E-state index contributed by atoms with van der Waals surface area (Å²) in [6.07, 6.45) is 1.42. The standard InChI is InChI=1S/C16H24FNO4/c1-11(18-16(19)20)8-13-10-14(21-2)12(6-4-5-7-17)9-15(13)22-3/h9-11,18H,4-8H2,1-3H3,(H,19,20). The molecule has 2 N–H and O–H groups in total. The Morgan fingerprint density at radius 1 is 1.23 bits per heavy atom. The first-order valence-corrected chi connectivity index (χ1v) is 7.31. The minimum absolute atomic E-state index is 0.242. The number of aryl methyl sites for hydroxylation is 1. The van der Waals surface area contributed by atoms with Gasteiger partial charge in [0, 0.05) is 6.04 Å². The first kappa shape index (κ1) is 18.1. The van der Waals surface area contributed by atoms with E-state index >= 15 is 0 Å². The molecule has 1 aromatic carbocycles. The van der Waals surface area contributed by atoms with Crippen LogP contribution in [0.3, 0.4) is 0 Å². The molecule has 0 aliphatic rings. The lowest BCUT2D eigenvalue weighted by Crippen LogP contribution is -2.32. The summed E-state index contributed by atoms with van der Waals surface area (Å²) < 4.78 is 23.0. The third-order valence-electron chi connectivity index (χ3n) is 3.41. The average molecular weight is 313 g/mol. The van der Waals surface area contributed by atoms with E-state index in [9.17, 15) is 9.18 Å². The maximum Gasteiger partial charge on any atom is 0.404 e. The van der Waals surface area contributed by atoms with Crippen molar-refractivity contribution >= 4 is 6.09 Å². The molecule has 0 spiro atoms. The quantitative estimate of drug-likeness (QED) is 0.687. The van der Waals surface area contributed by atoms with E-state index in [-0.39, 0.29) is 12.7 Å². The van der Waals surface area contributed by atoms with Crippen molar-refractivity contribution in [2.75, 3.05) is 20.9 Å². The Kier molecular flexibility index (Phi) is 7.49. The number of ether oxygens (including phenoxy) is 2. The lowest BCUT2D eigenvalue weighted by molar-refractivity contribution is 0.190. The molecule has 1 rings (SSSR count). The van der Waals surface area contributed by atoms with Crippen molar-refractivity contribution in [3.8, 4) is 11.5 Å². The number of hydrogen-bond donors (Lipinski definition) is 2. The van der Waals surface area contributed by atoms with Crippen molar-refractivity contribution in [1.29, 1.82) is 0 Å². The monoisotopic (exact) mass is 313 g/mol. The number of alkyl halides is 1. The summed E-state index contributed by atoms with van der Waals surface area (Å²) in [6.45, 7) is 1.46. The average Bonchev–Trinajstić information content (AvgIpc) is 2.47. The molecule has 0 heterocycles. The molecule has 1 atom stereocenters. The summed E-state index contributed by atoms with van der Waals surface area (Å²) in [5.41, 5.74) is 1.84. The Labute approximate surface area is 130 Å². The second kappa shape index (κ2) is 9.12. The maximum atomic E-state index is 12.2. The summed E-state index contributed by atoms with van der Waals surface area (Å²) in [5, 5.41) is 11.2. The number of carbonyl (C=O) groups is 1. The molecule has 1 amide bonds. The predicted molar refractivity (Wildman–Crippen MR) is 82.8 cm³/mol. The van der Waals surface area contributed by atoms with Gasteiger partial charge in [0.25, 0.3) is 0 Å². The molecule has 22 heavy (non-hydrogen) atoms. The number of halogens is 1. The second-order valence-electron chi connectivity index (χ2n) is 5.18. The van der Waals surface area contributed by atoms with E-state index in [1.54, 1.807) is 21.1 Å². The Bertz CT molecular complexity index is 493. The minimum atomic E-state index is -1.05. The smallest absolute Gasteiger partial charge is 0.404 e. The van der Waals surface area contributed by atoms with Crippen molar-refractivity contribution in [2.45, 2.75) is 38.6 Å². The van der Waals surface area contributed by atoms with Gasteiger partial charge in [0.1, 0.15) is 11.5 Å². The highest BCUT2D eigenvalue weighted by Crippen LogP contribution is 2.31. The molecule has 0 aliphatic carbocycles. The van der Waals surface area contributed by atoms with Gasteiger partial charge in [0.15, 0.2) is 0 Å². The molecule has 0 saturated heterocycles. The van der Waals surface area contributed by atoms with Gasteiger partial charge in [-0.2, -0.15) is 0 Å². The maximum absolute atomic E-state index is 12.2. The first-order valence-electron chi connectivity index (χ1n) is 7.31. The number of nitrogens with one attached hydrogen (secondary N) is 1. The lowest BCUT2D eigenvalue weighted by atomic mass is 10.00. The summed E-state index contributed by atoms with van der Waals surface area (Å²) in [7, 11) is 3.16. The molecule has 6 heteroatoms. The van der Waals surface area contributed by atoms with Crippen molar-refractivity contribution in [1.82, 2.24) is 5.32 Å². The number of amides is 1. The third kappa shape index (κ3) is 5.42. The molecule has 0 saturated carbocycles. The van der Waals surface area contributed by atoms with Crippen molar-refractivity contribution in [2.24, 2.45) is 0 Å². The summed E-state index contributed by atoms with van der Waals surface area (Å²) in [6, 6.07) is 3.51. The molecule has 1 aromatic rings. The predicted octanol–water partition coefficient (Wildman–Crippen LogP) is 3.19. The number of hydrogen-bond acceptors (Lipinski definition) is 3. The number of benzene rings is 1. The third-order valence-corrected chi connectivity index (χ3v) is 3.41. The summed E-state index contributed by atoms with van der Waals surface area (Å²) >= 11 is 0. The minimum Gasteiger partial charge on any atom is -0.496 e. The van der Waals surface area contributed by atoms with Crippen LogP contribution >= 0.6 is 0 Å². The van der Waals surface area contributed by atoms with Crippen molar-refractivity contribution in [3.63, 3.8) is 0 Å². The number of unbranched alkanes of at least 4 members (excludes halogenated alkanes) is 1.